The van der Waals surface area contributed by atoms with Crippen LogP contribution in [0.1, 0.15) is 11.5 Å². The van der Waals surface area contributed by atoms with Gasteiger partial charge in [-0.2, -0.15) is 0 Å². The quantitative estimate of drug-likeness (QED) is 0.648. The number of rotatable bonds is 1. The van der Waals surface area contributed by atoms with E-state index >= 15 is 0 Å². The average Bonchev–Trinajstić information content (AvgIpc) is 2.74. The van der Waals surface area contributed by atoms with E-state index in [2.05, 4.69) is 66.7 Å². The minimum atomic E-state index is 0.448. The Morgan fingerprint density at radius 2 is 1.13 bits per heavy atom. The highest BCUT2D eigenvalue weighted by Gasteiger charge is 2.08. The largest absolute Gasteiger partial charge is 0.0653 e. The topological polar surface area (TPSA) is 0 Å². The molecule has 0 aromatic heterocycles. The van der Waals surface area contributed by atoms with Crippen molar-refractivity contribution in [2.45, 2.75) is 5.92 Å². The van der Waals surface area contributed by atoms with Gasteiger partial charge in [-0.1, -0.05) is 66.7 Å². The van der Waals surface area contributed by atoms with Crippen molar-refractivity contribution < 1.29 is 0 Å². The predicted octanol–water partition coefficient (Wildman–Crippen LogP) is 2.04. The minimum Gasteiger partial charge on any atom is -0.0653 e. The Balaban J connectivity index is 2.12. The van der Waals surface area contributed by atoms with Gasteiger partial charge in [-0.3, -0.25) is 0 Å². The van der Waals surface area contributed by atoms with Gasteiger partial charge in [0.05, 0.1) is 0 Å². The van der Waals surface area contributed by atoms with Crippen LogP contribution in [0.4, 0.5) is 0 Å². The van der Waals surface area contributed by atoms with E-state index in [9.17, 15) is 0 Å². The molecule has 2 aromatic carbocycles. The number of hydrogen-bond acceptors (Lipinski definition) is 0. The first-order chi connectivity index (χ1) is 7.43. The molecule has 0 heterocycles. The summed E-state index contributed by atoms with van der Waals surface area (Å²) in [5.41, 5.74) is 1.37. The standard InChI is InChI=1S/C15H12/c1-2-6-12(7-3-1)15-10-13-8-4-5-9-14(13)11-15/h1-11,15H. The fourth-order valence-corrected chi connectivity index (χ4v) is 2.12. The highest BCUT2D eigenvalue weighted by Crippen LogP contribution is 2.19. The monoisotopic (exact) mass is 192 g/mol. The maximum absolute atomic E-state index is 2.32. The molecule has 0 N–H and O–H groups in total. The summed E-state index contributed by atoms with van der Waals surface area (Å²) in [6, 6.07) is 19.2. The van der Waals surface area contributed by atoms with Crippen molar-refractivity contribution in [3.8, 4) is 0 Å². The molecule has 0 aliphatic heterocycles. The van der Waals surface area contributed by atoms with Gasteiger partial charge in [0, 0.05) is 5.92 Å². The maximum Gasteiger partial charge on any atom is 0.0216 e. The first-order valence-corrected chi connectivity index (χ1v) is 5.27. The van der Waals surface area contributed by atoms with Gasteiger partial charge in [0.1, 0.15) is 0 Å². The van der Waals surface area contributed by atoms with E-state index in [-0.39, 0.29) is 0 Å². The maximum atomic E-state index is 2.32. The van der Waals surface area contributed by atoms with Crippen molar-refractivity contribution in [3.05, 3.63) is 70.6 Å². The second-order valence-corrected chi connectivity index (χ2v) is 3.90. The molecule has 2 aromatic rings. The third-order valence-electron chi connectivity index (χ3n) is 2.90. The summed E-state index contributed by atoms with van der Waals surface area (Å²) in [6.45, 7) is 0. The number of fused-ring (bicyclic) bond motifs is 1. The molecule has 0 nitrogen and oxygen atoms in total. The number of benzene rings is 2. The second kappa shape index (κ2) is 3.39. The molecule has 3 rings (SSSR count). The van der Waals surface area contributed by atoms with Crippen LogP contribution in [0, 0.1) is 0 Å². The molecule has 1 aliphatic rings. The van der Waals surface area contributed by atoms with Crippen LogP contribution >= 0.6 is 0 Å². The van der Waals surface area contributed by atoms with Crippen LogP contribution in [0.5, 0.6) is 0 Å². The summed E-state index contributed by atoms with van der Waals surface area (Å²) < 4.78 is 0. The van der Waals surface area contributed by atoms with Gasteiger partial charge < -0.3 is 0 Å². The molecule has 0 heteroatoms. The Labute approximate surface area is 89.2 Å². The predicted molar refractivity (Wildman–Crippen MR) is 63.8 cm³/mol. The highest BCUT2D eigenvalue weighted by molar-refractivity contribution is 5.59. The van der Waals surface area contributed by atoms with E-state index in [1.165, 1.54) is 16.0 Å². The normalized spacial score (nSPS) is 14.1. The Hall–Kier alpha value is -1.82. The van der Waals surface area contributed by atoms with E-state index in [1.807, 2.05) is 0 Å². The lowest BCUT2D eigenvalue weighted by Gasteiger charge is -2.03. The molecule has 0 bridgehead atoms. The van der Waals surface area contributed by atoms with Crippen LogP contribution in [-0.2, 0) is 0 Å². The summed E-state index contributed by atoms with van der Waals surface area (Å²) in [5, 5.41) is 2.71. The van der Waals surface area contributed by atoms with Gasteiger partial charge in [0.25, 0.3) is 0 Å². The van der Waals surface area contributed by atoms with Gasteiger partial charge in [0.15, 0.2) is 0 Å². The molecular formula is C15H12. The third kappa shape index (κ3) is 1.48. The van der Waals surface area contributed by atoms with Crippen molar-refractivity contribution in [1.82, 2.24) is 0 Å². The molecule has 0 amide bonds. The molecule has 15 heavy (non-hydrogen) atoms. The summed E-state index contributed by atoms with van der Waals surface area (Å²) in [4.78, 5) is 0. The van der Waals surface area contributed by atoms with Crippen molar-refractivity contribution in [2.24, 2.45) is 0 Å². The lowest BCUT2D eigenvalue weighted by Crippen LogP contribution is -2.19. The van der Waals surface area contributed by atoms with Crippen LogP contribution in [0.25, 0.3) is 12.2 Å². The molecule has 0 spiro atoms. The van der Waals surface area contributed by atoms with E-state index < -0.39 is 0 Å². The lowest BCUT2D eigenvalue weighted by atomic mass is 10.0. The van der Waals surface area contributed by atoms with E-state index in [1.54, 1.807) is 0 Å². The van der Waals surface area contributed by atoms with Crippen LogP contribution in [0.2, 0.25) is 0 Å². The van der Waals surface area contributed by atoms with Crippen LogP contribution in [-0.4, -0.2) is 0 Å². The van der Waals surface area contributed by atoms with E-state index in [0.717, 1.165) is 0 Å². The fraction of sp³-hybridized carbons (Fsp3) is 0.0667. The zero-order valence-corrected chi connectivity index (χ0v) is 8.43. The number of hydrogen-bond donors (Lipinski definition) is 0. The summed E-state index contributed by atoms with van der Waals surface area (Å²) >= 11 is 0. The molecular weight excluding hydrogens is 180 g/mol. The van der Waals surface area contributed by atoms with Crippen LogP contribution in [0.3, 0.4) is 0 Å². The minimum absolute atomic E-state index is 0.448. The third-order valence-corrected chi connectivity index (χ3v) is 2.90. The molecule has 0 saturated carbocycles. The molecule has 0 atom stereocenters. The van der Waals surface area contributed by atoms with Gasteiger partial charge in [-0.15, -0.1) is 0 Å². The second-order valence-electron chi connectivity index (χ2n) is 3.90. The van der Waals surface area contributed by atoms with Crippen molar-refractivity contribution >= 4 is 12.2 Å². The molecule has 0 radical (unpaired) electrons. The Morgan fingerprint density at radius 1 is 0.600 bits per heavy atom. The Kier molecular flexibility index (Phi) is 1.92. The van der Waals surface area contributed by atoms with Gasteiger partial charge >= 0.3 is 0 Å². The fourth-order valence-electron chi connectivity index (χ4n) is 2.12. The average molecular weight is 192 g/mol. The zero-order chi connectivity index (χ0) is 10.1. The SMILES string of the molecule is C1=c2ccccc2=CC1c1ccccc1. The van der Waals surface area contributed by atoms with E-state index in [0.29, 0.717) is 5.92 Å². The van der Waals surface area contributed by atoms with E-state index in [4.69, 9.17) is 0 Å². The lowest BCUT2D eigenvalue weighted by molar-refractivity contribution is 1.22. The molecule has 0 unspecified atom stereocenters. The van der Waals surface area contributed by atoms with Crippen LogP contribution in [0.15, 0.2) is 54.6 Å². The van der Waals surface area contributed by atoms with Gasteiger partial charge in [0.2, 0.25) is 0 Å². The molecule has 0 saturated heterocycles. The first-order valence-electron chi connectivity index (χ1n) is 5.27. The summed E-state index contributed by atoms with van der Waals surface area (Å²) in [7, 11) is 0. The summed E-state index contributed by atoms with van der Waals surface area (Å²) in [5.74, 6) is 0.448. The first kappa shape index (κ1) is 8.49. The van der Waals surface area contributed by atoms with Crippen LogP contribution < -0.4 is 10.4 Å². The van der Waals surface area contributed by atoms with Gasteiger partial charge in [-0.25, -0.2) is 0 Å². The van der Waals surface area contributed by atoms with Crippen molar-refractivity contribution in [3.63, 3.8) is 0 Å². The van der Waals surface area contributed by atoms with Gasteiger partial charge in [-0.05, 0) is 16.0 Å². The molecule has 0 fully saturated rings. The Morgan fingerprint density at radius 3 is 1.73 bits per heavy atom. The highest BCUT2D eigenvalue weighted by atomic mass is 14.1. The summed E-state index contributed by atoms with van der Waals surface area (Å²) in [6.07, 6.45) is 4.65. The Bertz CT molecular complexity index is 544. The zero-order valence-electron chi connectivity index (χ0n) is 8.43. The smallest absolute Gasteiger partial charge is 0.0216 e. The van der Waals surface area contributed by atoms with Crippen molar-refractivity contribution in [1.29, 1.82) is 0 Å². The van der Waals surface area contributed by atoms with Crippen molar-refractivity contribution in [2.75, 3.05) is 0 Å². The molecule has 1 aliphatic carbocycles. The molecule has 72 valence electrons.